The van der Waals surface area contributed by atoms with Crippen LogP contribution in [0.1, 0.15) is 27.8 Å². The van der Waals surface area contributed by atoms with Gasteiger partial charge >= 0.3 is 5.97 Å². The van der Waals surface area contributed by atoms with Gasteiger partial charge in [0.05, 0.1) is 12.5 Å². The number of aliphatic hydroxyl groups is 1. The maximum Gasteiger partial charge on any atom is 0.306 e. The summed E-state index contributed by atoms with van der Waals surface area (Å²) in [7, 11) is 0. The molecular formula is C9H12O3S. The number of carboxylic acids is 1. The van der Waals surface area contributed by atoms with E-state index in [4.69, 9.17) is 5.11 Å². The van der Waals surface area contributed by atoms with Crippen LogP contribution in [0.15, 0.2) is 6.07 Å². The van der Waals surface area contributed by atoms with Gasteiger partial charge < -0.3 is 10.2 Å². The maximum atomic E-state index is 10.3. The molecule has 2 N–H and O–H groups in total. The standard InChI is InChI=1S/C9H12O3S/c1-5-3-7(6(2)13-5)8(10)4-9(11)12/h3,8,10H,4H2,1-2H3,(H,11,12). The fraction of sp³-hybridized carbons (Fsp3) is 0.444. The first-order valence-corrected chi connectivity index (χ1v) is 4.79. The van der Waals surface area contributed by atoms with Crippen molar-refractivity contribution in [1.29, 1.82) is 0 Å². The van der Waals surface area contributed by atoms with Gasteiger partial charge in [-0.3, -0.25) is 4.79 Å². The monoisotopic (exact) mass is 200 g/mol. The molecule has 0 saturated heterocycles. The molecule has 1 aromatic rings. The normalized spacial score (nSPS) is 12.8. The molecule has 72 valence electrons. The summed E-state index contributed by atoms with van der Waals surface area (Å²) < 4.78 is 0. The zero-order valence-corrected chi connectivity index (χ0v) is 8.39. The lowest BCUT2D eigenvalue weighted by molar-refractivity contribution is -0.139. The van der Waals surface area contributed by atoms with E-state index in [0.29, 0.717) is 0 Å². The number of carboxylic acid groups (broad SMARTS) is 1. The van der Waals surface area contributed by atoms with Gasteiger partial charge in [0.1, 0.15) is 0 Å². The number of aliphatic hydroxyl groups excluding tert-OH is 1. The Kier molecular flexibility index (Phi) is 3.06. The summed E-state index contributed by atoms with van der Waals surface area (Å²) in [6.45, 7) is 3.83. The second-order valence-corrected chi connectivity index (χ2v) is 4.44. The Balaban J connectivity index is 2.81. The smallest absolute Gasteiger partial charge is 0.306 e. The number of thiophene rings is 1. The van der Waals surface area contributed by atoms with Gasteiger partial charge in [0.15, 0.2) is 0 Å². The van der Waals surface area contributed by atoms with E-state index in [1.54, 1.807) is 11.3 Å². The molecule has 0 fully saturated rings. The molecule has 0 saturated carbocycles. The Bertz CT molecular complexity index is 317. The summed E-state index contributed by atoms with van der Waals surface area (Å²) in [5.74, 6) is -0.976. The third-order valence-corrected chi connectivity index (χ3v) is 2.79. The molecular weight excluding hydrogens is 188 g/mol. The summed E-state index contributed by atoms with van der Waals surface area (Å²) >= 11 is 1.57. The first kappa shape index (κ1) is 10.2. The van der Waals surface area contributed by atoms with Crippen LogP contribution in [0.3, 0.4) is 0 Å². The van der Waals surface area contributed by atoms with Gasteiger partial charge in [0.25, 0.3) is 0 Å². The van der Waals surface area contributed by atoms with Gasteiger partial charge in [0, 0.05) is 9.75 Å². The fourth-order valence-electron chi connectivity index (χ4n) is 1.26. The third-order valence-electron chi connectivity index (χ3n) is 1.81. The minimum Gasteiger partial charge on any atom is -0.481 e. The molecule has 0 aliphatic heterocycles. The second-order valence-electron chi connectivity index (χ2n) is 2.98. The summed E-state index contributed by atoms with van der Waals surface area (Å²) in [6, 6.07) is 1.84. The van der Waals surface area contributed by atoms with Crippen LogP contribution >= 0.6 is 11.3 Å². The molecule has 13 heavy (non-hydrogen) atoms. The first-order chi connectivity index (χ1) is 6.00. The zero-order valence-electron chi connectivity index (χ0n) is 7.57. The highest BCUT2D eigenvalue weighted by Gasteiger charge is 2.15. The quantitative estimate of drug-likeness (QED) is 0.783. The van der Waals surface area contributed by atoms with Crippen molar-refractivity contribution in [2.24, 2.45) is 0 Å². The van der Waals surface area contributed by atoms with Gasteiger partial charge in [-0.1, -0.05) is 0 Å². The molecule has 1 unspecified atom stereocenters. The molecule has 0 amide bonds. The highest BCUT2D eigenvalue weighted by Crippen LogP contribution is 2.27. The SMILES string of the molecule is Cc1cc(C(O)CC(=O)O)c(C)s1. The molecule has 1 atom stereocenters. The van der Waals surface area contributed by atoms with Crippen LogP contribution in [0.4, 0.5) is 0 Å². The molecule has 0 radical (unpaired) electrons. The number of hydrogen-bond donors (Lipinski definition) is 2. The molecule has 1 rings (SSSR count). The average Bonchev–Trinajstić information content (AvgIpc) is 2.28. The minimum atomic E-state index is -0.976. The summed E-state index contributed by atoms with van der Waals surface area (Å²) in [5.41, 5.74) is 0.741. The van der Waals surface area contributed by atoms with E-state index in [-0.39, 0.29) is 6.42 Å². The molecule has 1 heterocycles. The van der Waals surface area contributed by atoms with E-state index in [0.717, 1.165) is 15.3 Å². The molecule has 3 nitrogen and oxygen atoms in total. The second kappa shape index (κ2) is 3.89. The Morgan fingerprint density at radius 2 is 2.23 bits per heavy atom. The highest BCUT2D eigenvalue weighted by molar-refractivity contribution is 7.12. The van der Waals surface area contributed by atoms with Gasteiger partial charge in [-0.15, -0.1) is 11.3 Å². The Hall–Kier alpha value is -0.870. The molecule has 0 aliphatic rings. The van der Waals surface area contributed by atoms with E-state index in [1.807, 2.05) is 19.9 Å². The van der Waals surface area contributed by atoms with E-state index in [2.05, 4.69) is 0 Å². The van der Waals surface area contributed by atoms with Crippen LogP contribution < -0.4 is 0 Å². The molecule has 0 aliphatic carbocycles. The number of aryl methyl sites for hydroxylation is 2. The molecule has 4 heteroatoms. The highest BCUT2D eigenvalue weighted by atomic mass is 32.1. The third kappa shape index (κ3) is 2.54. The molecule has 0 bridgehead atoms. The minimum absolute atomic E-state index is 0.225. The van der Waals surface area contributed by atoms with Crippen molar-refractivity contribution in [1.82, 2.24) is 0 Å². The molecule has 0 spiro atoms. The molecule has 0 aromatic carbocycles. The van der Waals surface area contributed by atoms with Crippen molar-refractivity contribution in [3.63, 3.8) is 0 Å². The van der Waals surface area contributed by atoms with Crippen molar-refractivity contribution in [2.45, 2.75) is 26.4 Å². The van der Waals surface area contributed by atoms with Gasteiger partial charge in [-0.05, 0) is 25.5 Å². The summed E-state index contributed by atoms with van der Waals surface area (Å²) in [5, 5.41) is 18.0. The maximum absolute atomic E-state index is 10.3. The average molecular weight is 200 g/mol. The van der Waals surface area contributed by atoms with Crippen LogP contribution in [-0.4, -0.2) is 16.2 Å². The fourth-order valence-corrected chi connectivity index (χ4v) is 2.24. The first-order valence-electron chi connectivity index (χ1n) is 3.97. The van der Waals surface area contributed by atoms with Crippen LogP contribution in [-0.2, 0) is 4.79 Å². The predicted molar refractivity (Wildman–Crippen MR) is 51.0 cm³/mol. The lowest BCUT2D eigenvalue weighted by atomic mass is 10.1. The van der Waals surface area contributed by atoms with Gasteiger partial charge in [-0.2, -0.15) is 0 Å². The van der Waals surface area contributed by atoms with Crippen molar-refractivity contribution >= 4 is 17.3 Å². The van der Waals surface area contributed by atoms with E-state index >= 15 is 0 Å². The number of hydrogen-bond acceptors (Lipinski definition) is 3. The van der Waals surface area contributed by atoms with Crippen LogP contribution in [0.2, 0.25) is 0 Å². The van der Waals surface area contributed by atoms with Gasteiger partial charge in [0.2, 0.25) is 0 Å². The van der Waals surface area contributed by atoms with Crippen molar-refractivity contribution in [3.05, 3.63) is 21.4 Å². The Morgan fingerprint density at radius 3 is 2.62 bits per heavy atom. The number of rotatable bonds is 3. The number of aliphatic carboxylic acids is 1. The van der Waals surface area contributed by atoms with E-state index in [1.165, 1.54) is 0 Å². The van der Waals surface area contributed by atoms with Crippen LogP contribution in [0.5, 0.6) is 0 Å². The van der Waals surface area contributed by atoms with Crippen LogP contribution in [0, 0.1) is 13.8 Å². The van der Waals surface area contributed by atoms with Crippen LogP contribution in [0.25, 0.3) is 0 Å². The number of carbonyl (C=O) groups is 1. The van der Waals surface area contributed by atoms with Crippen molar-refractivity contribution in [3.8, 4) is 0 Å². The van der Waals surface area contributed by atoms with Crippen molar-refractivity contribution < 1.29 is 15.0 Å². The van der Waals surface area contributed by atoms with E-state index in [9.17, 15) is 9.90 Å². The van der Waals surface area contributed by atoms with Gasteiger partial charge in [-0.25, -0.2) is 0 Å². The molecule has 1 aromatic heterocycles. The Labute approximate surface area is 80.6 Å². The largest absolute Gasteiger partial charge is 0.481 e. The lowest BCUT2D eigenvalue weighted by Crippen LogP contribution is -2.05. The summed E-state index contributed by atoms with van der Waals surface area (Å²) in [4.78, 5) is 12.4. The lowest BCUT2D eigenvalue weighted by Gasteiger charge is -2.06. The van der Waals surface area contributed by atoms with Crippen molar-refractivity contribution in [2.75, 3.05) is 0 Å². The topological polar surface area (TPSA) is 57.5 Å². The summed E-state index contributed by atoms with van der Waals surface area (Å²) in [6.07, 6.45) is -1.10. The predicted octanol–water partition coefficient (Wildman–Crippen LogP) is 1.87. The Morgan fingerprint density at radius 1 is 1.62 bits per heavy atom. The zero-order chi connectivity index (χ0) is 10.0. The van der Waals surface area contributed by atoms with E-state index < -0.39 is 12.1 Å².